The van der Waals surface area contributed by atoms with Crippen LogP contribution in [0.4, 0.5) is 18.9 Å². The number of benzene rings is 1. The van der Waals surface area contributed by atoms with Crippen LogP contribution in [0.3, 0.4) is 0 Å². The summed E-state index contributed by atoms with van der Waals surface area (Å²) in [4.78, 5) is 54.9. The fourth-order valence-electron chi connectivity index (χ4n) is 3.51. The van der Waals surface area contributed by atoms with E-state index >= 15 is 0 Å². The number of pyridine rings is 1. The van der Waals surface area contributed by atoms with Crippen LogP contribution >= 0.6 is 0 Å². The summed E-state index contributed by atoms with van der Waals surface area (Å²) in [6.45, 7) is -0.980. The molecule has 2 N–H and O–H groups in total. The molecule has 1 atom stereocenters. The number of nitrogens with two attached hydrogens (primary N) is 1. The fraction of sp³-hybridized carbons (Fsp3) is 0.250. The molecule has 0 saturated heterocycles. The predicted molar refractivity (Wildman–Crippen MR) is 109 cm³/mol. The van der Waals surface area contributed by atoms with Gasteiger partial charge < -0.3 is 15.4 Å². The Morgan fingerprint density at radius 3 is 2.55 bits per heavy atom. The van der Waals surface area contributed by atoms with Crippen LogP contribution in [0.1, 0.15) is 5.69 Å². The summed E-state index contributed by atoms with van der Waals surface area (Å²) in [7, 11) is 1.14. The van der Waals surface area contributed by atoms with Crippen LogP contribution in [-0.2, 0) is 29.4 Å². The number of rotatable bonds is 3. The first-order chi connectivity index (χ1) is 15.5. The van der Waals surface area contributed by atoms with Gasteiger partial charge in [-0.1, -0.05) is 12.1 Å². The Hall–Kier alpha value is -4.16. The maximum atomic E-state index is 13.1. The Balaban J connectivity index is 1.76. The lowest BCUT2D eigenvalue weighted by Crippen LogP contribution is -2.51. The quantitative estimate of drug-likeness (QED) is 0.599. The van der Waals surface area contributed by atoms with E-state index < -0.39 is 53.2 Å². The van der Waals surface area contributed by atoms with Crippen LogP contribution < -0.4 is 26.6 Å². The van der Waals surface area contributed by atoms with Gasteiger partial charge in [0.2, 0.25) is 5.91 Å². The van der Waals surface area contributed by atoms with Crippen LogP contribution in [0.25, 0.3) is 11.0 Å². The molecule has 2 amide bonds. The zero-order chi connectivity index (χ0) is 24.1. The number of primary amides is 1. The largest absolute Gasteiger partial charge is 0.477 e. The van der Waals surface area contributed by atoms with Gasteiger partial charge >= 0.3 is 11.9 Å². The first-order valence-electron chi connectivity index (χ1n) is 9.52. The van der Waals surface area contributed by atoms with Gasteiger partial charge in [0.05, 0.1) is 17.6 Å². The molecule has 1 aliphatic heterocycles. The number of aryl methyl sites for hydroxylation is 1. The molecule has 2 aromatic heterocycles. The van der Waals surface area contributed by atoms with E-state index in [0.29, 0.717) is 16.3 Å². The number of fused-ring (bicyclic) bond motifs is 2. The van der Waals surface area contributed by atoms with E-state index in [2.05, 4.69) is 4.98 Å². The number of hydrogen-bond acceptors (Lipinski definition) is 6. The third-order valence-electron chi connectivity index (χ3n) is 5.16. The van der Waals surface area contributed by atoms with Crippen molar-refractivity contribution in [3.63, 3.8) is 0 Å². The molecule has 4 rings (SSSR count). The van der Waals surface area contributed by atoms with Crippen molar-refractivity contribution >= 4 is 28.5 Å². The number of carbonyl (C=O) groups excluding carboxylic acids is 2. The second-order valence-corrected chi connectivity index (χ2v) is 7.28. The van der Waals surface area contributed by atoms with E-state index in [1.807, 2.05) is 0 Å². The number of para-hydroxylation sites is 2. The summed E-state index contributed by atoms with van der Waals surface area (Å²) in [5.74, 6) is -1.33. The molecule has 0 bridgehead atoms. The molecule has 0 radical (unpaired) electrons. The summed E-state index contributed by atoms with van der Waals surface area (Å²) in [6, 6.07) is 7.84. The van der Waals surface area contributed by atoms with Crippen LogP contribution in [0, 0.1) is 0 Å². The van der Waals surface area contributed by atoms with Gasteiger partial charge in [-0.25, -0.2) is 9.78 Å². The molecule has 0 fully saturated rings. The maximum absolute atomic E-state index is 13.1. The SMILES string of the molecule is Cn1c(=O)n(CC(=O)N2CC(C(N)=O)Oc3ccccc32)c(=O)c2ccc(C(F)(F)F)nc21. The van der Waals surface area contributed by atoms with E-state index in [-0.39, 0.29) is 17.7 Å². The van der Waals surface area contributed by atoms with E-state index in [0.717, 1.165) is 22.6 Å². The first-order valence-corrected chi connectivity index (χ1v) is 9.52. The van der Waals surface area contributed by atoms with Gasteiger partial charge in [-0.15, -0.1) is 0 Å². The summed E-state index contributed by atoms with van der Waals surface area (Å²) in [6.07, 6.45) is -5.92. The lowest BCUT2D eigenvalue weighted by atomic mass is 10.1. The average molecular weight is 463 g/mol. The van der Waals surface area contributed by atoms with Crippen molar-refractivity contribution in [1.29, 1.82) is 0 Å². The molecule has 1 aliphatic rings. The second kappa shape index (κ2) is 7.76. The third-order valence-corrected chi connectivity index (χ3v) is 5.16. The van der Waals surface area contributed by atoms with Gasteiger partial charge in [0, 0.05) is 7.05 Å². The smallest absolute Gasteiger partial charge is 0.433 e. The van der Waals surface area contributed by atoms with Crippen LogP contribution in [-0.4, -0.2) is 38.6 Å². The number of halogens is 3. The molecule has 172 valence electrons. The average Bonchev–Trinajstić information content (AvgIpc) is 2.78. The predicted octanol–water partition coefficient (Wildman–Crippen LogP) is 0.394. The van der Waals surface area contributed by atoms with Crippen molar-refractivity contribution < 1.29 is 27.5 Å². The van der Waals surface area contributed by atoms with E-state index in [9.17, 15) is 32.3 Å². The van der Waals surface area contributed by atoms with Gasteiger partial charge in [0.25, 0.3) is 11.5 Å². The number of nitrogens with zero attached hydrogens (tertiary/aromatic N) is 4. The Morgan fingerprint density at radius 1 is 1.18 bits per heavy atom. The highest BCUT2D eigenvalue weighted by Gasteiger charge is 2.34. The highest BCUT2D eigenvalue weighted by atomic mass is 19.4. The van der Waals surface area contributed by atoms with Crippen LogP contribution in [0.5, 0.6) is 5.75 Å². The third kappa shape index (κ3) is 3.81. The number of anilines is 1. The van der Waals surface area contributed by atoms with Crippen LogP contribution in [0.2, 0.25) is 0 Å². The molecule has 1 unspecified atom stereocenters. The number of aromatic nitrogens is 3. The van der Waals surface area contributed by atoms with Gasteiger partial charge in [0.15, 0.2) is 6.10 Å². The molecule has 0 aliphatic carbocycles. The summed E-state index contributed by atoms with van der Waals surface area (Å²) >= 11 is 0. The number of ether oxygens (including phenoxy) is 1. The molecule has 0 spiro atoms. The van der Waals surface area contributed by atoms with Crippen molar-refractivity contribution in [3.8, 4) is 5.75 Å². The number of hydrogen-bond donors (Lipinski definition) is 1. The van der Waals surface area contributed by atoms with E-state index in [1.54, 1.807) is 18.2 Å². The molecule has 0 saturated carbocycles. The lowest BCUT2D eigenvalue weighted by molar-refractivity contribution is -0.141. The summed E-state index contributed by atoms with van der Waals surface area (Å²) in [5.41, 5.74) is 1.89. The highest BCUT2D eigenvalue weighted by Crippen LogP contribution is 2.33. The fourth-order valence-corrected chi connectivity index (χ4v) is 3.51. The van der Waals surface area contributed by atoms with Gasteiger partial charge in [-0.05, 0) is 24.3 Å². The van der Waals surface area contributed by atoms with Gasteiger partial charge in [0.1, 0.15) is 23.6 Å². The molecular formula is C20H16F3N5O5. The molecular weight excluding hydrogens is 447 g/mol. The maximum Gasteiger partial charge on any atom is 0.433 e. The van der Waals surface area contributed by atoms with Crippen molar-refractivity contribution in [1.82, 2.24) is 14.1 Å². The van der Waals surface area contributed by atoms with Crippen molar-refractivity contribution in [2.75, 3.05) is 11.4 Å². The summed E-state index contributed by atoms with van der Waals surface area (Å²) in [5, 5.41) is -0.268. The minimum atomic E-state index is -4.77. The lowest BCUT2D eigenvalue weighted by Gasteiger charge is -2.33. The highest BCUT2D eigenvalue weighted by molar-refractivity contribution is 5.97. The molecule has 33 heavy (non-hydrogen) atoms. The Kier molecular flexibility index (Phi) is 5.18. The first kappa shape index (κ1) is 22.0. The van der Waals surface area contributed by atoms with Crippen molar-refractivity contribution in [2.24, 2.45) is 12.8 Å². The molecule has 3 heterocycles. The monoisotopic (exact) mass is 463 g/mol. The van der Waals surface area contributed by atoms with Crippen LogP contribution in [0.15, 0.2) is 46.0 Å². The van der Waals surface area contributed by atoms with E-state index in [4.69, 9.17) is 10.5 Å². The molecule has 13 heteroatoms. The molecule has 3 aromatic rings. The standard InChI is InChI=1S/C20H16F3N5O5/c1-26-17-10(6-7-14(25-17)20(21,22)23)18(31)28(19(26)32)9-15(29)27-8-13(16(24)30)33-12-5-3-2-4-11(12)27/h2-7,13H,8-9H2,1H3,(H2,24,30). The minimum absolute atomic E-state index is 0.212. The second-order valence-electron chi connectivity index (χ2n) is 7.28. The van der Waals surface area contributed by atoms with Gasteiger partial charge in [-0.2, -0.15) is 13.2 Å². The number of carbonyl (C=O) groups is 2. The number of alkyl halides is 3. The van der Waals surface area contributed by atoms with Gasteiger partial charge in [-0.3, -0.25) is 23.5 Å². The zero-order valence-corrected chi connectivity index (χ0v) is 17.0. The molecule has 1 aromatic carbocycles. The molecule has 10 nitrogen and oxygen atoms in total. The topological polar surface area (TPSA) is 130 Å². The minimum Gasteiger partial charge on any atom is -0.477 e. The Labute approximate surface area is 182 Å². The zero-order valence-electron chi connectivity index (χ0n) is 17.0. The summed E-state index contributed by atoms with van der Waals surface area (Å²) < 4.78 is 45.8. The van der Waals surface area contributed by atoms with E-state index in [1.165, 1.54) is 6.07 Å². The Bertz CT molecular complexity index is 1410. The number of amides is 2. The Morgan fingerprint density at radius 2 is 1.88 bits per heavy atom. The normalized spacial score (nSPS) is 15.8. The van der Waals surface area contributed by atoms with Crippen molar-refractivity contribution in [3.05, 3.63) is 62.9 Å². The van der Waals surface area contributed by atoms with Crippen molar-refractivity contribution in [2.45, 2.75) is 18.8 Å².